The number of rotatable bonds is 8. The van der Waals surface area contributed by atoms with Crippen LogP contribution in [0.15, 0.2) is 24.3 Å². The monoisotopic (exact) mass is 348 g/mol. The first-order valence-electron chi connectivity index (χ1n) is 9.13. The third-order valence-corrected chi connectivity index (χ3v) is 4.58. The van der Waals surface area contributed by atoms with Crippen molar-refractivity contribution in [1.82, 2.24) is 9.80 Å². The topological polar surface area (TPSA) is 48.1 Å². The number of carbonyl (C=O) groups is 1. The van der Waals surface area contributed by atoms with Gasteiger partial charge in [0.1, 0.15) is 0 Å². The molecule has 0 unspecified atom stereocenters. The number of nitrogens with one attached hydrogen (secondary N) is 1. The number of likely N-dealkylation sites (N-methyl/N-ethyl adjacent to an activating group) is 1. The van der Waals surface area contributed by atoms with Crippen molar-refractivity contribution in [2.45, 2.75) is 25.9 Å². The van der Waals surface area contributed by atoms with Gasteiger partial charge in [0.2, 0.25) is 0 Å². The lowest BCUT2D eigenvalue weighted by Crippen LogP contribution is -2.43. The minimum Gasteiger partial charge on any atom is -0.376 e. The Labute approximate surface area is 151 Å². The van der Waals surface area contributed by atoms with E-state index in [9.17, 15) is 4.79 Å². The second-order valence-electron chi connectivity index (χ2n) is 6.85. The van der Waals surface area contributed by atoms with Gasteiger partial charge in [0.05, 0.1) is 17.5 Å². The molecule has 6 heteroatoms. The average Bonchev–Trinajstić information content (AvgIpc) is 3.11. The van der Waals surface area contributed by atoms with Gasteiger partial charge in [-0.2, -0.15) is 0 Å². The zero-order valence-electron chi connectivity index (χ0n) is 16.0. The molecule has 6 nitrogen and oxygen atoms in total. The number of nitrogens with zero attached hydrogens (tertiary/aromatic N) is 3. The molecule has 1 heterocycles. The van der Waals surface area contributed by atoms with Gasteiger partial charge in [0, 0.05) is 39.8 Å². The Morgan fingerprint density at radius 3 is 2.64 bits per heavy atom. The minimum atomic E-state index is -0.0608. The molecule has 25 heavy (non-hydrogen) atoms. The summed E-state index contributed by atoms with van der Waals surface area (Å²) in [6, 6.07) is 7.87. The normalized spacial score (nSPS) is 16.9. The molecule has 1 aromatic rings. The van der Waals surface area contributed by atoms with Gasteiger partial charge in [0.15, 0.2) is 0 Å². The Kier molecular flexibility index (Phi) is 7.52. The minimum absolute atomic E-state index is 0.0608. The van der Waals surface area contributed by atoms with E-state index in [4.69, 9.17) is 4.74 Å². The molecular formula is C19H32N4O2. The standard InChI is InChI=1S/C19H32N4O2/c1-5-22(4)18-11-7-6-10-17(18)20-19(24)23(13-12-21(2)3)15-16-9-8-14-25-16/h6-7,10-11,16H,5,8-9,12-15H2,1-4H3,(H,20,24)/t16-/m1/s1. The van der Waals surface area contributed by atoms with Gasteiger partial charge in [-0.25, -0.2) is 4.79 Å². The molecule has 2 amide bonds. The maximum absolute atomic E-state index is 12.9. The first-order valence-corrected chi connectivity index (χ1v) is 9.13. The highest BCUT2D eigenvalue weighted by Crippen LogP contribution is 2.25. The Morgan fingerprint density at radius 1 is 1.24 bits per heavy atom. The second-order valence-corrected chi connectivity index (χ2v) is 6.85. The van der Waals surface area contributed by atoms with Crippen molar-refractivity contribution < 1.29 is 9.53 Å². The summed E-state index contributed by atoms with van der Waals surface area (Å²) in [6.07, 6.45) is 2.26. The Balaban J connectivity index is 2.07. The van der Waals surface area contributed by atoms with E-state index in [0.29, 0.717) is 13.1 Å². The van der Waals surface area contributed by atoms with Crippen LogP contribution in [0, 0.1) is 0 Å². The van der Waals surface area contributed by atoms with E-state index in [-0.39, 0.29) is 12.1 Å². The number of amides is 2. The number of anilines is 2. The molecule has 1 aromatic carbocycles. The van der Waals surface area contributed by atoms with Crippen molar-refractivity contribution in [3.63, 3.8) is 0 Å². The van der Waals surface area contributed by atoms with Crippen LogP contribution in [0.4, 0.5) is 16.2 Å². The Hall–Kier alpha value is -1.79. The van der Waals surface area contributed by atoms with E-state index in [2.05, 4.69) is 22.0 Å². The summed E-state index contributed by atoms with van der Waals surface area (Å²) in [6.45, 7) is 5.94. The van der Waals surface area contributed by atoms with Crippen LogP contribution in [0.3, 0.4) is 0 Å². The summed E-state index contributed by atoms with van der Waals surface area (Å²) in [5.41, 5.74) is 1.88. The van der Waals surface area contributed by atoms with E-state index in [1.807, 2.05) is 50.3 Å². The molecule has 0 aromatic heterocycles. The molecule has 1 saturated heterocycles. The van der Waals surface area contributed by atoms with Gasteiger partial charge in [0.25, 0.3) is 0 Å². The summed E-state index contributed by atoms with van der Waals surface area (Å²) in [5.74, 6) is 0. The van der Waals surface area contributed by atoms with Crippen LogP contribution < -0.4 is 10.2 Å². The van der Waals surface area contributed by atoms with E-state index in [1.165, 1.54) is 0 Å². The molecule has 0 aliphatic carbocycles. The SMILES string of the molecule is CCN(C)c1ccccc1NC(=O)N(CCN(C)C)C[C@H]1CCCO1. The van der Waals surface area contributed by atoms with Gasteiger partial charge >= 0.3 is 6.03 Å². The van der Waals surface area contributed by atoms with E-state index < -0.39 is 0 Å². The van der Waals surface area contributed by atoms with Gasteiger partial charge in [-0.15, -0.1) is 0 Å². The molecule has 0 saturated carbocycles. The van der Waals surface area contributed by atoms with Crippen molar-refractivity contribution in [1.29, 1.82) is 0 Å². The molecule has 1 aliphatic rings. The molecule has 140 valence electrons. The first-order chi connectivity index (χ1) is 12.0. The van der Waals surface area contributed by atoms with Crippen molar-refractivity contribution in [3.05, 3.63) is 24.3 Å². The van der Waals surface area contributed by atoms with E-state index in [1.54, 1.807) is 0 Å². The number of urea groups is 1. The van der Waals surface area contributed by atoms with Crippen molar-refractivity contribution >= 4 is 17.4 Å². The van der Waals surface area contributed by atoms with Crippen LogP contribution in [-0.4, -0.2) is 75.9 Å². The Morgan fingerprint density at radius 2 is 2.00 bits per heavy atom. The number of hydrogen-bond donors (Lipinski definition) is 1. The number of benzene rings is 1. The average molecular weight is 348 g/mol. The van der Waals surface area contributed by atoms with Gasteiger partial charge in [-0.1, -0.05) is 12.1 Å². The molecule has 1 fully saturated rings. The zero-order valence-corrected chi connectivity index (χ0v) is 16.0. The van der Waals surface area contributed by atoms with Crippen LogP contribution >= 0.6 is 0 Å². The van der Waals surface area contributed by atoms with Crippen LogP contribution in [0.1, 0.15) is 19.8 Å². The van der Waals surface area contributed by atoms with Crippen molar-refractivity contribution in [2.24, 2.45) is 0 Å². The molecule has 0 radical (unpaired) electrons. The molecule has 0 bridgehead atoms. The third kappa shape index (κ3) is 5.90. The number of hydrogen-bond acceptors (Lipinski definition) is 4. The molecular weight excluding hydrogens is 316 g/mol. The summed E-state index contributed by atoms with van der Waals surface area (Å²) >= 11 is 0. The maximum Gasteiger partial charge on any atom is 0.322 e. The summed E-state index contributed by atoms with van der Waals surface area (Å²) < 4.78 is 5.73. The van der Waals surface area contributed by atoms with Crippen LogP contribution in [-0.2, 0) is 4.74 Å². The lowest BCUT2D eigenvalue weighted by molar-refractivity contribution is 0.0820. The smallest absolute Gasteiger partial charge is 0.322 e. The predicted molar refractivity (Wildman–Crippen MR) is 104 cm³/mol. The molecule has 2 rings (SSSR count). The van der Waals surface area contributed by atoms with Gasteiger partial charge in [-0.3, -0.25) is 0 Å². The number of para-hydroxylation sites is 2. The van der Waals surface area contributed by atoms with Crippen LogP contribution in [0.25, 0.3) is 0 Å². The lowest BCUT2D eigenvalue weighted by Gasteiger charge is -2.28. The predicted octanol–water partition coefficient (Wildman–Crippen LogP) is 2.72. The summed E-state index contributed by atoms with van der Waals surface area (Å²) in [4.78, 5) is 19.0. The van der Waals surface area contributed by atoms with E-state index >= 15 is 0 Å². The van der Waals surface area contributed by atoms with Crippen LogP contribution in [0.5, 0.6) is 0 Å². The highest BCUT2D eigenvalue weighted by molar-refractivity contribution is 5.93. The molecule has 1 atom stereocenters. The maximum atomic E-state index is 12.9. The highest BCUT2D eigenvalue weighted by Gasteiger charge is 2.23. The largest absolute Gasteiger partial charge is 0.376 e. The quantitative estimate of drug-likeness (QED) is 0.785. The summed E-state index contributed by atoms with van der Waals surface area (Å²) in [7, 11) is 6.07. The van der Waals surface area contributed by atoms with Crippen molar-refractivity contribution in [2.75, 3.05) is 64.1 Å². The lowest BCUT2D eigenvalue weighted by atomic mass is 10.2. The zero-order chi connectivity index (χ0) is 18.2. The van der Waals surface area contributed by atoms with Crippen LogP contribution in [0.2, 0.25) is 0 Å². The van der Waals surface area contributed by atoms with Gasteiger partial charge in [-0.05, 0) is 46.0 Å². The fraction of sp³-hybridized carbons (Fsp3) is 0.632. The number of ether oxygens (including phenoxy) is 1. The highest BCUT2D eigenvalue weighted by atomic mass is 16.5. The summed E-state index contributed by atoms with van der Waals surface area (Å²) in [5, 5.41) is 3.09. The van der Waals surface area contributed by atoms with E-state index in [0.717, 1.165) is 43.9 Å². The number of carbonyl (C=O) groups excluding carboxylic acids is 1. The molecule has 0 spiro atoms. The molecule has 1 N–H and O–H groups in total. The third-order valence-electron chi connectivity index (χ3n) is 4.58. The second kappa shape index (κ2) is 9.63. The fourth-order valence-corrected chi connectivity index (χ4v) is 2.91. The Bertz CT molecular complexity index is 544. The molecule has 1 aliphatic heterocycles. The van der Waals surface area contributed by atoms with Gasteiger partial charge < -0.3 is 24.8 Å². The fourth-order valence-electron chi connectivity index (χ4n) is 2.91. The first kappa shape index (κ1) is 19.5. The van der Waals surface area contributed by atoms with Crippen molar-refractivity contribution in [3.8, 4) is 0 Å².